The van der Waals surface area contributed by atoms with Crippen LogP contribution in [0.1, 0.15) is 10.4 Å². The van der Waals surface area contributed by atoms with Crippen LogP contribution in [0.5, 0.6) is 11.5 Å². The van der Waals surface area contributed by atoms with Crippen molar-refractivity contribution >= 4 is 51.5 Å². The zero-order valence-electron chi connectivity index (χ0n) is 21.6. The van der Waals surface area contributed by atoms with Gasteiger partial charge in [-0.05, 0) is 42.0 Å². The first-order valence-electron chi connectivity index (χ1n) is 12.5. The van der Waals surface area contributed by atoms with E-state index in [-0.39, 0.29) is 12.5 Å². The Bertz CT molecular complexity index is 1460. The molecule has 0 atom stereocenters. The molecule has 0 bridgehead atoms. The number of aliphatic hydroxyl groups excluding tert-OH is 1. The molecule has 0 unspecified atom stereocenters. The third-order valence-corrected chi connectivity index (χ3v) is 7.69. The lowest BCUT2D eigenvalue weighted by Crippen LogP contribution is -2.47. The number of hydrogen-bond acceptors (Lipinski definition) is 7. The molecule has 1 aliphatic rings. The lowest BCUT2D eigenvalue weighted by Gasteiger charge is -2.35. The number of halogens is 2. The Kier molecular flexibility index (Phi) is 8.13. The van der Waals surface area contributed by atoms with Gasteiger partial charge in [-0.2, -0.15) is 5.10 Å². The molecule has 4 aromatic rings. The van der Waals surface area contributed by atoms with Crippen LogP contribution in [0.2, 0.25) is 10.0 Å². The molecule has 204 valence electrons. The lowest BCUT2D eigenvalue weighted by molar-refractivity contribution is 0.102. The molecule has 0 spiro atoms. The fourth-order valence-corrected chi connectivity index (χ4v) is 5.50. The van der Waals surface area contributed by atoms with Crippen molar-refractivity contribution in [3.05, 3.63) is 64.1 Å². The number of anilines is 2. The maximum absolute atomic E-state index is 13.0. The van der Waals surface area contributed by atoms with E-state index in [9.17, 15) is 4.79 Å². The fraction of sp³-hybridized carbons (Fsp3) is 0.286. The number of aromatic amines is 1. The molecule has 3 N–H and O–H groups in total. The summed E-state index contributed by atoms with van der Waals surface area (Å²) in [6, 6.07) is 14.8. The van der Waals surface area contributed by atoms with Crippen LogP contribution in [0.4, 0.5) is 11.5 Å². The molecule has 0 radical (unpaired) electrons. The van der Waals surface area contributed by atoms with Crippen LogP contribution in [0, 0.1) is 0 Å². The Morgan fingerprint density at radius 3 is 2.28 bits per heavy atom. The Labute approximate surface area is 236 Å². The summed E-state index contributed by atoms with van der Waals surface area (Å²) in [5, 5.41) is 20.8. The molecule has 1 saturated heterocycles. The molecule has 3 aromatic carbocycles. The van der Waals surface area contributed by atoms with Crippen LogP contribution >= 0.6 is 23.2 Å². The second-order valence-corrected chi connectivity index (χ2v) is 9.93. The molecule has 1 aliphatic heterocycles. The number of rotatable bonds is 8. The summed E-state index contributed by atoms with van der Waals surface area (Å²) in [6.07, 6.45) is 0. The van der Waals surface area contributed by atoms with E-state index in [0.29, 0.717) is 50.6 Å². The number of aliphatic hydroxyl groups is 1. The second kappa shape index (κ2) is 11.7. The van der Waals surface area contributed by atoms with Crippen LogP contribution in [0.15, 0.2) is 48.5 Å². The molecule has 9 nitrogen and oxygen atoms in total. The molecule has 5 rings (SSSR count). The average Bonchev–Trinajstić information content (AvgIpc) is 3.36. The Morgan fingerprint density at radius 2 is 1.67 bits per heavy atom. The molecule has 2 heterocycles. The van der Waals surface area contributed by atoms with Gasteiger partial charge in [-0.3, -0.25) is 14.8 Å². The molecule has 1 aromatic heterocycles. The molecular weight excluding hydrogens is 541 g/mol. The van der Waals surface area contributed by atoms with Crippen LogP contribution in [-0.2, 0) is 0 Å². The van der Waals surface area contributed by atoms with E-state index >= 15 is 0 Å². The van der Waals surface area contributed by atoms with Crippen molar-refractivity contribution in [2.24, 2.45) is 0 Å². The van der Waals surface area contributed by atoms with Gasteiger partial charge < -0.3 is 24.8 Å². The standard InChI is InChI=1S/C28H29Cl2N5O4/c1-38-22-16-23(39-2)26(30)24(25(22)29)18-5-8-20-21(15-18)32-33-27(20)31-28(37)17-3-6-19(7-4-17)35-11-9-34(10-12-35)13-14-36/h3-8,15-16,36H,9-14H2,1-2H3,(H2,31,32,33,37). The number of ether oxygens (including phenoxy) is 2. The first-order valence-corrected chi connectivity index (χ1v) is 13.3. The van der Waals surface area contributed by atoms with E-state index in [1.165, 1.54) is 14.2 Å². The number of carbonyl (C=O) groups is 1. The lowest BCUT2D eigenvalue weighted by atomic mass is 10.0. The SMILES string of the molecule is COc1cc(OC)c(Cl)c(-c2ccc3c(NC(=O)c4ccc(N5CCN(CCO)CC5)cc4)n[nH]c3c2)c1Cl. The van der Waals surface area contributed by atoms with Crippen LogP contribution in [0.3, 0.4) is 0 Å². The minimum atomic E-state index is -0.254. The third kappa shape index (κ3) is 5.49. The maximum Gasteiger partial charge on any atom is 0.256 e. The number of fused-ring (bicyclic) bond motifs is 1. The number of piperazine rings is 1. The van der Waals surface area contributed by atoms with Gasteiger partial charge in [0.25, 0.3) is 5.91 Å². The highest BCUT2D eigenvalue weighted by molar-refractivity contribution is 6.41. The van der Waals surface area contributed by atoms with Crippen molar-refractivity contribution < 1.29 is 19.4 Å². The minimum Gasteiger partial charge on any atom is -0.495 e. The molecule has 11 heteroatoms. The highest BCUT2D eigenvalue weighted by Gasteiger charge is 2.21. The number of β-amino-alcohol motifs (C(OH)–C–C–N with tert-alkyl or cyclic N) is 1. The number of H-pyrrole nitrogens is 1. The zero-order valence-corrected chi connectivity index (χ0v) is 23.1. The number of hydrogen-bond donors (Lipinski definition) is 3. The van der Waals surface area contributed by atoms with Gasteiger partial charge in [-0.1, -0.05) is 29.3 Å². The summed E-state index contributed by atoms with van der Waals surface area (Å²) in [4.78, 5) is 17.5. The summed E-state index contributed by atoms with van der Waals surface area (Å²) >= 11 is 13.2. The van der Waals surface area contributed by atoms with Crippen LogP contribution < -0.4 is 19.7 Å². The third-order valence-electron chi connectivity index (χ3n) is 6.94. The van der Waals surface area contributed by atoms with Crippen molar-refractivity contribution in [2.45, 2.75) is 0 Å². The topological polar surface area (TPSA) is 103 Å². The number of methoxy groups -OCH3 is 2. The predicted octanol–water partition coefficient (Wildman–Crippen LogP) is 4.92. The Morgan fingerprint density at radius 1 is 1.00 bits per heavy atom. The Balaban J connectivity index is 1.32. The predicted molar refractivity (Wildman–Crippen MR) is 155 cm³/mol. The van der Waals surface area contributed by atoms with Crippen molar-refractivity contribution in [1.29, 1.82) is 0 Å². The van der Waals surface area contributed by atoms with Gasteiger partial charge in [0.1, 0.15) is 11.5 Å². The molecular formula is C28H29Cl2N5O4. The Hall–Kier alpha value is -3.50. The monoisotopic (exact) mass is 569 g/mol. The second-order valence-electron chi connectivity index (χ2n) is 9.17. The van der Waals surface area contributed by atoms with Crippen molar-refractivity contribution in [2.75, 3.05) is 63.8 Å². The number of nitrogens with one attached hydrogen (secondary N) is 2. The summed E-state index contributed by atoms with van der Waals surface area (Å²) in [7, 11) is 3.06. The highest BCUT2D eigenvalue weighted by atomic mass is 35.5. The first kappa shape index (κ1) is 27.1. The normalized spacial score (nSPS) is 14.0. The largest absolute Gasteiger partial charge is 0.495 e. The van der Waals surface area contributed by atoms with Gasteiger partial charge in [-0.25, -0.2) is 0 Å². The highest BCUT2D eigenvalue weighted by Crippen LogP contribution is 2.46. The van der Waals surface area contributed by atoms with Crippen molar-refractivity contribution in [1.82, 2.24) is 15.1 Å². The van der Waals surface area contributed by atoms with Gasteiger partial charge in [0, 0.05) is 61.0 Å². The van der Waals surface area contributed by atoms with E-state index < -0.39 is 0 Å². The van der Waals surface area contributed by atoms with Crippen LogP contribution in [-0.4, -0.2) is 79.7 Å². The number of carbonyl (C=O) groups excluding carboxylic acids is 1. The summed E-state index contributed by atoms with van der Waals surface area (Å²) in [5.74, 6) is 1.06. The summed E-state index contributed by atoms with van der Waals surface area (Å²) < 4.78 is 10.8. The van der Waals surface area contributed by atoms with Crippen molar-refractivity contribution in [3.63, 3.8) is 0 Å². The maximum atomic E-state index is 13.0. The van der Waals surface area contributed by atoms with Crippen LogP contribution in [0.25, 0.3) is 22.0 Å². The van der Waals surface area contributed by atoms with E-state index in [4.69, 9.17) is 37.8 Å². The number of nitrogens with zero attached hydrogens (tertiary/aromatic N) is 3. The quantitative estimate of drug-likeness (QED) is 0.276. The first-order chi connectivity index (χ1) is 18.9. The van der Waals surface area contributed by atoms with Gasteiger partial charge in [-0.15, -0.1) is 0 Å². The fourth-order valence-electron chi connectivity index (χ4n) is 4.78. The zero-order chi connectivity index (χ0) is 27.5. The molecule has 1 amide bonds. The minimum absolute atomic E-state index is 0.177. The van der Waals surface area contributed by atoms with Gasteiger partial charge >= 0.3 is 0 Å². The smallest absolute Gasteiger partial charge is 0.256 e. The molecule has 1 fully saturated rings. The number of amides is 1. The molecule has 39 heavy (non-hydrogen) atoms. The van der Waals surface area contributed by atoms with E-state index in [1.807, 2.05) is 42.5 Å². The molecule has 0 aliphatic carbocycles. The number of aromatic nitrogens is 2. The van der Waals surface area contributed by atoms with Crippen molar-refractivity contribution in [3.8, 4) is 22.6 Å². The van der Waals surface area contributed by atoms with E-state index in [0.717, 1.165) is 42.8 Å². The summed E-state index contributed by atoms with van der Waals surface area (Å²) in [6.45, 7) is 4.45. The van der Waals surface area contributed by atoms with Gasteiger partial charge in [0.05, 0.1) is 36.4 Å². The number of benzene rings is 3. The van der Waals surface area contributed by atoms with E-state index in [2.05, 4.69) is 25.3 Å². The van der Waals surface area contributed by atoms with Gasteiger partial charge in [0.2, 0.25) is 0 Å². The van der Waals surface area contributed by atoms with Gasteiger partial charge in [0.15, 0.2) is 5.82 Å². The molecule has 0 saturated carbocycles. The summed E-state index contributed by atoms with van der Waals surface area (Å²) in [5.41, 5.74) is 3.62. The average molecular weight is 570 g/mol. The van der Waals surface area contributed by atoms with E-state index in [1.54, 1.807) is 6.07 Å².